The van der Waals surface area contributed by atoms with E-state index in [1.807, 2.05) is 48.7 Å². The highest BCUT2D eigenvalue weighted by molar-refractivity contribution is 7.16. The van der Waals surface area contributed by atoms with E-state index in [1.54, 1.807) is 40.8 Å². The zero-order valence-electron chi connectivity index (χ0n) is 19.3. The van der Waals surface area contributed by atoms with E-state index < -0.39 is 6.04 Å². The maximum Gasteiger partial charge on any atom is 0.262 e. The normalized spacial score (nSPS) is 12.1. The number of carbonyl (C=O) groups is 1. The van der Waals surface area contributed by atoms with E-state index in [0.717, 1.165) is 5.56 Å². The Labute approximate surface area is 204 Å². The molecular weight excluding hydrogens is 445 g/mol. The molecule has 0 N–H and O–H groups in total. The third kappa shape index (κ3) is 4.98. The van der Waals surface area contributed by atoms with Gasteiger partial charge in [-0.2, -0.15) is 0 Å². The van der Waals surface area contributed by atoms with Crippen LogP contribution in [0.3, 0.4) is 0 Å². The molecule has 4 aromatic rings. The fraction of sp³-hybridized carbons (Fsp3) is 0.269. The van der Waals surface area contributed by atoms with Gasteiger partial charge in [0.1, 0.15) is 18.5 Å². The van der Waals surface area contributed by atoms with Crippen molar-refractivity contribution in [3.8, 4) is 0 Å². The van der Waals surface area contributed by atoms with Gasteiger partial charge in [-0.25, -0.2) is 4.98 Å². The number of ether oxygens (including phenoxy) is 1. The molecule has 0 saturated carbocycles. The number of hydrogen-bond acceptors (Lipinski definition) is 5. The number of rotatable bonds is 9. The van der Waals surface area contributed by atoms with Gasteiger partial charge in [0.05, 0.1) is 24.6 Å². The van der Waals surface area contributed by atoms with Crippen LogP contribution in [0.4, 0.5) is 0 Å². The quantitative estimate of drug-likeness (QED) is 0.351. The summed E-state index contributed by atoms with van der Waals surface area (Å²) in [6, 6.07) is 18.1. The lowest BCUT2D eigenvalue weighted by Gasteiger charge is -2.32. The zero-order chi connectivity index (χ0) is 24.1. The second-order valence-electron chi connectivity index (χ2n) is 8.02. The van der Waals surface area contributed by atoms with Crippen molar-refractivity contribution in [2.75, 3.05) is 20.3 Å². The Bertz CT molecular complexity index is 1320. The van der Waals surface area contributed by atoms with Gasteiger partial charge in [-0.15, -0.1) is 11.3 Å². The summed E-state index contributed by atoms with van der Waals surface area (Å²) in [5, 5.41) is 2.46. The van der Waals surface area contributed by atoms with Crippen molar-refractivity contribution in [2.24, 2.45) is 0 Å². The Hall–Kier alpha value is -3.23. The average molecular weight is 471 g/mol. The van der Waals surface area contributed by atoms with Crippen LogP contribution < -0.4 is 11.0 Å². The average Bonchev–Trinajstić information content (AvgIpc) is 3.33. The minimum absolute atomic E-state index is 0.102. The molecular formula is C26H26BN3O3S. The lowest BCUT2D eigenvalue weighted by Crippen LogP contribution is -2.40. The fourth-order valence-corrected chi connectivity index (χ4v) is 4.82. The molecule has 4 rings (SSSR count). The van der Waals surface area contributed by atoms with Crippen molar-refractivity contribution in [3.63, 3.8) is 0 Å². The van der Waals surface area contributed by atoms with Crippen LogP contribution in [0.1, 0.15) is 41.1 Å². The Kier molecular flexibility index (Phi) is 7.60. The first kappa shape index (κ1) is 23.9. The second kappa shape index (κ2) is 10.8. The third-order valence-corrected chi connectivity index (χ3v) is 6.62. The lowest BCUT2D eigenvalue weighted by atomic mass is 9.95. The maximum atomic E-state index is 13.6. The van der Waals surface area contributed by atoms with Gasteiger partial charge in [0, 0.05) is 19.2 Å². The Morgan fingerprint density at radius 2 is 1.88 bits per heavy atom. The van der Waals surface area contributed by atoms with Gasteiger partial charge >= 0.3 is 0 Å². The molecule has 0 fully saturated rings. The zero-order valence-corrected chi connectivity index (χ0v) is 20.1. The van der Waals surface area contributed by atoms with E-state index in [-0.39, 0.29) is 11.5 Å². The number of aromatic nitrogens is 2. The number of fused-ring (bicyclic) bond motifs is 1. The minimum atomic E-state index is -0.414. The van der Waals surface area contributed by atoms with Crippen LogP contribution in [0.25, 0.3) is 10.2 Å². The number of hydrogen-bond donors (Lipinski definition) is 0. The van der Waals surface area contributed by atoms with Crippen LogP contribution in [0, 0.1) is 0 Å². The van der Waals surface area contributed by atoms with Crippen molar-refractivity contribution < 1.29 is 9.53 Å². The molecule has 8 heteroatoms. The monoisotopic (exact) mass is 471 g/mol. The molecule has 1 amide bonds. The van der Waals surface area contributed by atoms with Gasteiger partial charge in [0.15, 0.2) is 0 Å². The number of amides is 1. The number of benzene rings is 2. The van der Waals surface area contributed by atoms with E-state index in [0.29, 0.717) is 53.2 Å². The Morgan fingerprint density at radius 1 is 1.15 bits per heavy atom. The molecule has 0 bridgehead atoms. The van der Waals surface area contributed by atoms with E-state index in [9.17, 15) is 9.59 Å². The number of thiophene rings is 1. The molecule has 2 aromatic carbocycles. The lowest BCUT2D eigenvalue weighted by molar-refractivity contribution is 0.0577. The minimum Gasteiger partial charge on any atom is -0.383 e. The van der Waals surface area contributed by atoms with Crippen LogP contribution in [-0.2, 0) is 11.3 Å². The summed E-state index contributed by atoms with van der Waals surface area (Å²) in [6.07, 6.45) is 0.586. The van der Waals surface area contributed by atoms with Gasteiger partial charge in [-0.1, -0.05) is 67.0 Å². The van der Waals surface area contributed by atoms with E-state index >= 15 is 0 Å². The number of methoxy groups -OCH3 is 1. The molecule has 1 atom stereocenters. The number of nitrogens with zero attached hydrogens (tertiary/aromatic N) is 3. The predicted octanol–water partition coefficient (Wildman–Crippen LogP) is 3.54. The Balaban J connectivity index is 1.84. The summed E-state index contributed by atoms with van der Waals surface area (Å²) in [5.41, 5.74) is 2.01. The molecule has 0 spiro atoms. The molecule has 0 aliphatic rings. The van der Waals surface area contributed by atoms with Crippen molar-refractivity contribution >= 4 is 40.8 Å². The Morgan fingerprint density at radius 3 is 2.56 bits per heavy atom. The van der Waals surface area contributed by atoms with Crippen LogP contribution in [0.2, 0.25) is 0 Å². The summed E-state index contributed by atoms with van der Waals surface area (Å²) in [7, 11) is 7.43. The molecule has 34 heavy (non-hydrogen) atoms. The summed E-state index contributed by atoms with van der Waals surface area (Å²) >= 11 is 1.43. The highest BCUT2D eigenvalue weighted by atomic mass is 32.1. The molecule has 0 aliphatic carbocycles. The van der Waals surface area contributed by atoms with Gasteiger partial charge in [0.25, 0.3) is 11.5 Å². The maximum absolute atomic E-state index is 13.6. The van der Waals surface area contributed by atoms with Crippen molar-refractivity contribution in [2.45, 2.75) is 25.9 Å². The van der Waals surface area contributed by atoms with Crippen LogP contribution in [-0.4, -0.2) is 48.5 Å². The second-order valence-corrected chi connectivity index (χ2v) is 8.92. The standard InChI is InChI=1S/C26H26BN3O3S/c1-3-22(29(14-15-33-2)25(31)19-9-11-20(27)12-10-19)23-28-24-21(13-16-34-24)26(32)30(23)17-18-7-5-4-6-8-18/h4-13,16,22H,3,14-15,17H2,1-2H3. The molecule has 6 nitrogen and oxygen atoms in total. The van der Waals surface area contributed by atoms with E-state index in [4.69, 9.17) is 17.6 Å². The third-order valence-electron chi connectivity index (χ3n) is 5.81. The smallest absolute Gasteiger partial charge is 0.262 e. The fourth-order valence-electron chi connectivity index (χ4n) is 4.06. The molecule has 172 valence electrons. The first-order valence-corrected chi connectivity index (χ1v) is 12.1. The SMILES string of the molecule is [B]c1ccc(C(=O)N(CCOC)C(CC)c2nc3sccc3c(=O)n2Cc2ccccc2)cc1. The molecule has 0 saturated heterocycles. The first-order chi connectivity index (χ1) is 16.5. The largest absolute Gasteiger partial charge is 0.383 e. The molecule has 1 unspecified atom stereocenters. The summed E-state index contributed by atoms with van der Waals surface area (Å²) < 4.78 is 7.02. The van der Waals surface area contributed by atoms with Gasteiger partial charge < -0.3 is 9.64 Å². The molecule has 0 aliphatic heterocycles. The van der Waals surface area contributed by atoms with E-state index in [1.165, 1.54) is 11.3 Å². The summed E-state index contributed by atoms with van der Waals surface area (Å²) in [4.78, 5) is 34.5. The highest BCUT2D eigenvalue weighted by Crippen LogP contribution is 2.27. The molecule has 2 radical (unpaired) electrons. The molecule has 2 aromatic heterocycles. The summed E-state index contributed by atoms with van der Waals surface area (Å²) in [6.45, 7) is 3.10. The van der Waals surface area contributed by atoms with E-state index in [2.05, 4.69) is 0 Å². The number of carbonyl (C=O) groups excluding carboxylic acids is 1. The van der Waals surface area contributed by atoms with Crippen LogP contribution in [0.5, 0.6) is 0 Å². The van der Waals surface area contributed by atoms with Crippen molar-refractivity contribution in [1.29, 1.82) is 0 Å². The van der Waals surface area contributed by atoms with Crippen molar-refractivity contribution in [3.05, 3.63) is 93.3 Å². The highest BCUT2D eigenvalue weighted by Gasteiger charge is 2.29. The topological polar surface area (TPSA) is 64.4 Å². The molecule has 2 heterocycles. The predicted molar refractivity (Wildman–Crippen MR) is 137 cm³/mol. The first-order valence-electron chi connectivity index (χ1n) is 11.2. The van der Waals surface area contributed by atoms with Gasteiger partial charge in [-0.3, -0.25) is 14.2 Å². The van der Waals surface area contributed by atoms with Gasteiger partial charge in [-0.05, 0) is 23.4 Å². The van der Waals surface area contributed by atoms with Crippen LogP contribution in [0.15, 0.2) is 70.8 Å². The van der Waals surface area contributed by atoms with Crippen LogP contribution >= 0.6 is 11.3 Å². The van der Waals surface area contributed by atoms with Gasteiger partial charge in [0.2, 0.25) is 0 Å². The summed E-state index contributed by atoms with van der Waals surface area (Å²) in [5.74, 6) is 0.418. The van der Waals surface area contributed by atoms with Crippen molar-refractivity contribution in [1.82, 2.24) is 14.5 Å².